The number of rotatable bonds is 15. The maximum absolute atomic E-state index is 16.2. The predicted octanol–water partition coefficient (Wildman–Crippen LogP) is 10.8. The minimum Gasteiger partial charge on any atom is -0.375 e. The van der Waals surface area contributed by atoms with Gasteiger partial charge in [0.15, 0.2) is 23.2 Å². The number of nitrogens with zero attached hydrogens (tertiary/aromatic N) is 3. The minimum absolute atomic E-state index is 0.150. The first-order valence-corrected chi connectivity index (χ1v) is 18.9. The first-order valence-electron chi connectivity index (χ1n) is 17.8. The lowest BCUT2D eigenvalue weighted by molar-refractivity contribution is -0.385. The third-order valence-electron chi connectivity index (χ3n) is 9.25. The van der Waals surface area contributed by atoms with Crippen LogP contribution in [0.25, 0.3) is 0 Å². The summed E-state index contributed by atoms with van der Waals surface area (Å²) >= 11 is 0.688. The molecule has 0 aliphatic carbocycles. The molecule has 0 radical (unpaired) electrons. The Morgan fingerprint density at radius 2 is 1.00 bits per heavy atom. The summed E-state index contributed by atoms with van der Waals surface area (Å²) < 4.78 is 173. The standard InChI is InChI=1S/C40H22F12IN5O8/c41-32-24(3-1-5-28(32)54-17-30(59)19-7-11-22(12-8-19)57(63)64)35(61)56(34-26(38(45,46)47)15-21(16-27(34)53)37(43,44)39(48,49)40(50,51)52)36(62)25-4-2-6-29(33(25)42)55-18-31(60)20-9-13-23(14-10-20)58(65)66/h1-16,54-55H,17-18H2. The fourth-order valence-electron chi connectivity index (χ4n) is 5.88. The number of benzene rings is 5. The number of non-ortho nitro benzene ring substituents is 2. The van der Waals surface area contributed by atoms with E-state index in [0.29, 0.717) is 34.7 Å². The molecule has 0 fully saturated rings. The largest absolute Gasteiger partial charge is 0.460 e. The number of amides is 2. The molecule has 0 aromatic heterocycles. The number of hydrogen-bond donors (Lipinski definition) is 2. The second kappa shape index (κ2) is 18.8. The zero-order chi connectivity index (χ0) is 49.3. The molecule has 5 aromatic rings. The molecule has 0 aliphatic rings. The SMILES string of the molecule is O=C(CNc1cccc(C(=O)N(C(=O)c2cccc(NCC(=O)c3ccc([N+](=O)[O-])cc3)c2F)c2c(I)cc(C(F)(F)C(F)(F)C(F)(F)F)cc2C(F)(F)F)c1F)c1ccc([N+](=O)[O-])cc1. The van der Waals surface area contributed by atoms with Gasteiger partial charge in [0.05, 0.1) is 56.7 Å². The lowest BCUT2D eigenvalue weighted by Crippen LogP contribution is -2.50. The summed E-state index contributed by atoms with van der Waals surface area (Å²) in [5.41, 5.74) is -12.5. The van der Waals surface area contributed by atoms with Gasteiger partial charge in [0.2, 0.25) is 0 Å². The van der Waals surface area contributed by atoms with Gasteiger partial charge in [0, 0.05) is 44.5 Å². The topological polar surface area (TPSA) is 182 Å². The molecule has 0 spiro atoms. The maximum atomic E-state index is 16.2. The number of nitrogens with one attached hydrogen (secondary N) is 2. The average molecular weight is 1060 g/mol. The molecule has 0 unspecified atom stereocenters. The van der Waals surface area contributed by atoms with E-state index >= 15 is 8.78 Å². The fourth-order valence-corrected chi connectivity index (χ4v) is 6.75. The summed E-state index contributed by atoms with van der Waals surface area (Å²) in [6.07, 6.45) is -13.2. The van der Waals surface area contributed by atoms with Gasteiger partial charge in [-0.05, 0) is 83.3 Å². The Balaban J connectivity index is 1.63. The van der Waals surface area contributed by atoms with Crippen molar-refractivity contribution in [1.29, 1.82) is 0 Å². The van der Waals surface area contributed by atoms with Gasteiger partial charge >= 0.3 is 24.2 Å². The number of imide groups is 1. The molecule has 26 heteroatoms. The highest BCUT2D eigenvalue weighted by Crippen LogP contribution is 2.54. The van der Waals surface area contributed by atoms with Gasteiger partial charge in [-0.15, -0.1) is 0 Å². The summed E-state index contributed by atoms with van der Waals surface area (Å²) in [5.74, 6) is -22.9. The Labute approximate surface area is 373 Å². The van der Waals surface area contributed by atoms with Gasteiger partial charge in [0.25, 0.3) is 23.2 Å². The van der Waals surface area contributed by atoms with Crippen LogP contribution < -0.4 is 15.5 Å². The molecule has 0 saturated heterocycles. The van der Waals surface area contributed by atoms with Crippen molar-refractivity contribution < 1.29 is 81.7 Å². The Hall–Kier alpha value is -7.13. The van der Waals surface area contributed by atoms with Crippen LogP contribution in [0.3, 0.4) is 0 Å². The van der Waals surface area contributed by atoms with Gasteiger partial charge < -0.3 is 10.6 Å². The summed E-state index contributed by atoms with van der Waals surface area (Å²) in [5, 5.41) is 26.4. The van der Waals surface area contributed by atoms with Crippen LogP contribution in [0.5, 0.6) is 0 Å². The average Bonchev–Trinajstić information content (AvgIpc) is 3.24. The molecule has 13 nitrogen and oxygen atoms in total. The fraction of sp³-hybridized carbons (Fsp3) is 0.150. The molecule has 0 heterocycles. The molecular weight excluding hydrogens is 1030 g/mol. The van der Waals surface area contributed by atoms with Gasteiger partial charge in [-0.25, -0.2) is 13.7 Å². The number of carbonyl (C=O) groups excluding carboxylic acids is 4. The molecule has 0 bridgehead atoms. The number of anilines is 3. The number of carbonyl (C=O) groups is 4. The summed E-state index contributed by atoms with van der Waals surface area (Å²) in [6, 6.07) is 11.2. The summed E-state index contributed by atoms with van der Waals surface area (Å²) in [6.45, 7) is -1.64. The van der Waals surface area contributed by atoms with Crippen LogP contribution in [0.2, 0.25) is 0 Å². The quantitative estimate of drug-likeness (QED) is 0.0256. The van der Waals surface area contributed by atoms with Crippen molar-refractivity contribution in [2.24, 2.45) is 0 Å². The normalized spacial score (nSPS) is 12.0. The highest BCUT2D eigenvalue weighted by molar-refractivity contribution is 14.1. The van der Waals surface area contributed by atoms with E-state index in [4.69, 9.17) is 0 Å². The number of alkyl halides is 10. The molecule has 0 atom stereocenters. The molecule has 0 saturated carbocycles. The molecule has 0 aliphatic heterocycles. The van der Waals surface area contributed by atoms with Crippen molar-refractivity contribution in [3.05, 3.63) is 166 Å². The zero-order valence-corrected chi connectivity index (χ0v) is 34.3. The monoisotopic (exact) mass is 1060 g/mol. The van der Waals surface area contributed by atoms with E-state index < -0.39 is 147 Å². The van der Waals surface area contributed by atoms with E-state index in [1.807, 2.05) is 0 Å². The lowest BCUT2D eigenvalue weighted by Gasteiger charge is -2.31. The van der Waals surface area contributed by atoms with Gasteiger partial charge in [-0.1, -0.05) is 12.1 Å². The molecule has 5 aromatic carbocycles. The number of nitro benzene ring substituents is 2. The van der Waals surface area contributed by atoms with Crippen LogP contribution in [-0.4, -0.2) is 58.4 Å². The van der Waals surface area contributed by atoms with Crippen LogP contribution in [0.4, 0.5) is 81.1 Å². The first-order chi connectivity index (χ1) is 30.6. The third kappa shape index (κ3) is 10.1. The van der Waals surface area contributed by atoms with Crippen LogP contribution in [0, 0.1) is 35.4 Å². The van der Waals surface area contributed by atoms with Crippen LogP contribution in [0.15, 0.2) is 97.1 Å². The Morgan fingerprint density at radius 3 is 1.35 bits per heavy atom. The van der Waals surface area contributed by atoms with E-state index in [2.05, 4.69) is 10.6 Å². The van der Waals surface area contributed by atoms with Crippen molar-refractivity contribution in [3.63, 3.8) is 0 Å². The van der Waals surface area contributed by atoms with Crippen molar-refractivity contribution in [2.45, 2.75) is 24.2 Å². The molecule has 66 heavy (non-hydrogen) atoms. The Morgan fingerprint density at radius 1 is 0.606 bits per heavy atom. The molecule has 346 valence electrons. The summed E-state index contributed by atoms with van der Waals surface area (Å²) in [7, 11) is 0. The predicted molar refractivity (Wildman–Crippen MR) is 215 cm³/mol. The second-order valence-corrected chi connectivity index (χ2v) is 14.6. The van der Waals surface area contributed by atoms with E-state index in [1.54, 1.807) is 0 Å². The third-order valence-corrected chi connectivity index (χ3v) is 10.1. The van der Waals surface area contributed by atoms with Gasteiger partial charge in [-0.2, -0.15) is 43.9 Å². The minimum atomic E-state index is -7.04. The van der Waals surface area contributed by atoms with Crippen molar-refractivity contribution in [2.75, 3.05) is 28.6 Å². The Bertz CT molecular complexity index is 2640. The first kappa shape index (κ1) is 49.9. The number of hydrogen-bond acceptors (Lipinski definition) is 10. The Kier molecular flexibility index (Phi) is 14.2. The smallest absolute Gasteiger partial charge is 0.375 e. The zero-order valence-electron chi connectivity index (χ0n) is 32.2. The number of ketones is 2. The molecular formula is C40H22F12IN5O8. The van der Waals surface area contributed by atoms with Crippen molar-refractivity contribution >= 4 is 74.4 Å². The number of halogens is 13. The van der Waals surface area contributed by atoms with E-state index in [9.17, 15) is 83.3 Å². The van der Waals surface area contributed by atoms with Gasteiger partial charge in [0.1, 0.15) is 0 Å². The van der Waals surface area contributed by atoms with Crippen molar-refractivity contribution in [3.8, 4) is 0 Å². The van der Waals surface area contributed by atoms with Gasteiger partial charge in [-0.3, -0.25) is 39.4 Å². The van der Waals surface area contributed by atoms with Crippen LogP contribution >= 0.6 is 22.6 Å². The molecule has 2 N–H and O–H groups in total. The van der Waals surface area contributed by atoms with E-state index in [0.717, 1.165) is 72.8 Å². The maximum Gasteiger partial charge on any atom is 0.460 e. The van der Waals surface area contributed by atoms with Crippen LogP contribution in [-0.2, 0) is 12.1 Å². The number of nitro groups is 2. The number of Topliss-reactive ketones (excluding diaryl/α,β-unsaturated/α-hetero) is 2. The van der Waals surface area contributed by atoms with Crippen molar-refractivity contribution in [1.82, 2.24) is 0 Å². The highest BCUT2D eigenvalue weighted by Gasteiger charge is 2.73. The lowest BCUT2D eigenvalue weighted by atomic mass is 9.97. The molecule has 2 amide bonds. The van der Waals surface area contributed by atoms with E-state index in [-0.39, 0.29) is 17.2 Å². The van der Waals surface area contributed by atoms with E-state index in [1.165, 1.54) is 0 Å². The summed E-state index contributed by atoms with van der Waals surface area (Å²) in [4.78, 5) is 73.9. The second-order valence-electron chi connectivity index (χ2n) is 13.4. The molecule has 5 rings (SSSR count). The van der Waals surface area contributed by atoms with Crippen LogP contribution in [0.1, 0.15) is 52.6 Å². The highest BCUT2D eigenvalue weighted by atomic mass is 127.